The number of hydrogen-bond acceptors (Lipinski definition) is 5. The molecule has 1 aliphatic rings. The molecule has 0 atom stereocenters. The molecule has 5 nitrogen and oxygen atoms in total. The molecule has 1 fully saturated rings. The first-order valence-electron chi connectivity index (χ1n) is 10.2. The van der Waals surface area contributed by atoms with Crippen LogP contribution in [-0.4, -0.2) is 35.8 Å². The molecular weight excluding hydrogens is 386 g/mol. The van der Waals surface area contributed by atoms with E-state index in [1.807, 2.05) is 44.2 Å². The van der Waals surface area contributed by atoms with Crippen molar-refractivity contribution in [2.45, 2.75) is 40.0 Å². The number of thioether (sulfide) groups is 1. The average molecular weight is 414 g/mol. The molecule has 29 heavy (non-hydrogen) atoms. The second-order valence-corrected chi connectivity index (χ2v) is 7.76. The number of carbonyl (C=O) groups is 2. The van der Waals surface area contributed by atoms with Gasteiger partial charge < -0.3 is 9.47 Å². The number of nitrogens with zero attached hydrogens (tertiary/aromatic N) is 1. The molecule has 2 amide bonds. The molecule has 0 unspecified atom stereocenters. The van der Waals surface area contributed by atoms with Gasteiger partial charge in [0, 0.05) is 12.1 Å². The van der Waals surface area contributed by atoms with Gasteiger partial charge in [-0.3, -0.25) is 14.5 Å². The van der Waals surface area contributed by atoms with Crippen LogP contribution in [0.25, 0.3) is 16.8 Å². The Balaban J connectivity index is 2.03. The Morgan fingerprint density at radius 3 is 2.48 bits per heavy atom. The fourth-order valence-electron chi connectivity index (χ4n) is 3.33. The van der Waals surface area contributed by atoms with Crippen LogP contribution >= 0.6 is 11.8 Å². The van der Waals surface area contributed by atoms with Crippen LogP contribution in [-0.2, 0) is 4.79 Å². The molecule has 0 saturated carbocycles. The normalized spacial score (nSPS) is 15.6. The summed E-state index contributed by atoms with van der Waals surface area (Å²) in [5, 5.41) is 1.75. The topological polar surface area (TPSA) is 55.8 Å². The van der Waals surface area contributed by atoms with E-state index in [9.17, 15) is 9.59 Å². The third kappa shape index (κ3) is 4.75. The van der Waals surface area contributed by atoms with Crippen LogP contribution in [0.2, 0.25) is 0 Å². The maximum atomic E-state index is 12.8. The highest BCUT2D eigenvalue weighted by Gasteiger charge is 2.34. The van der Waals surface area contributed by atoms with Crippen molar-refractivity contribution in [3.63, 3.8) is 0 Å². The van der Waals surface area contributed by atoms with Crippen molar-refractivity contribution >= 4 is 39.8 Å². The molecule has 0 aliphatic carbocycles. The van der Waals surface area contributed by atoms with Crippen LogP contribution in [0.1, 0.15) is 45.6 Å². The van der Waals surface area contributed by atoms with Gasteiger partial charge in [0.2, 0.25) is 0 Å². The molecule has 0 spiro atoms. The summed E-state index contributed by atoms with van der Waals surface area (Å²) < 4.78 is 11.5. The summed E-state index contributed by atoms with van der Waals surface area (Å²) in [5.41, 5.74) is 0.796. The average Bonchev–Trinajstić information content (AvgIpc) is 2.97. The van der Waals surface area contributed by atoms with Crippen molar-refractivity contribution in [1.82, 2.24) is 4.90 Å². The minimum atomic E-state index is -0.225. The van der Waals surface area contributed by atoms with Crippen LogP contribution in [0.3, 0.4) is 0 Å². The minimum Gasteiger partial charge on any atom is -0.494 e. The van der Waals surface area contributed by atoms with Crippen LogP contribution in [0.4, 0.5) is 4.79 Å². The summed E-state index contributed by atoms with van der Waals surface area (Å²) in [7, 11) is 0. The predicted molar refractivity (Wildman–Crippen MR) is 118 cm³/mol. The lowest BCUT2D eigenvalue weighted by atomic mass is 10.0. The first-order chi connectivity index (χ1) is 14.1. The van der Waals surface area contributed by atoms with Crippen molar-refractivity contribution < 1.29 is 19.1 Å². The maximum Gasteiger partial charge on any atom is 0.293 e. The highest BCUT2D eigenvalue weighted by atomic mass is 32.2. The Morgan fingerprint density at radius 1 is 1.00 bits per heavy atom. The SMILES string of the molecule is CCCCCN1C(=O)S/C(=C\c2c(OCC)ccc3ccc(OCC)cc23)C1=O. The number of unbranched alkanes of at least 4 members (excludes halogenated alkanes) is 2. The van der Waals surface area contributed by atoms with E-state index in [-0.39, 0.29) is 11.1 Å². The van der Waals surface area contributed by atoms with Gasteiger partial charge in [0.05, 0.1) is 18.1 Å². The highest BCUT2D eigenvalue weighted by Crippen LogP contribution is 2.38. The van der Waals surface area contributed by atoms with Crippen molar-refractivity contribution in [3.05, 3.63) is 40.8 Å². The van der Waals surface area contributed by atoms with Gasteiger partial charge in [-0.15, -0.1) is 0 Å². The maximum absolute atomic E-state index is 12.8. The van der Waals surface area contributed by atoms with Crippen LogP contribution in [0.5, 0.6) is 11.5 Å². The van der Waals surface area contributed by atoms with E-state index in [1.54, 1.807) is 6.08 Å². The first kappa shape index (κ1) is 21.2. The number of carbonyl (C=O) groups excluding carboxylic acids is 2. The number of rotatable bonds is 9. The number of hydrogen-bond donors (Lipinski definition) is 0. The van der Waals surface area contributed by atoms with E-state index in [4.69, 9.17) is 9.47 Å². The zero-order valence-corrected chi connectivity index (χ0v) is 18.0. The number of fused-ring (bicyclic) bond motifs is 1. The van der Waals surface area contributed by atoms with Gasteiger partial charge in [0.25, 0.3) is 11.1 Å². The van der Waals surface area contributed by atoms with Gasteiger partial charge in [-0.1, -0.05) is 31.9 Å². The second kappa shape index (κ2) is 9.83. The molecule has 1 aliphatic heterocycles. The van der Waals surface area contributed by atoms with Crippen LogP contribution in [0, 0.1) is 0 Å². The standard InChI is InChI=1S/C23H27NO4S/c1-4-7-8-13-24-22(25)21(29-23(24)26)15-19-18-14-17(27-5-2)11-9-16(18)10-12-20(19)28-6-3/h9-12,14-15H,4-8,13H2,1-3H3/b21-15-. The summed E-state index contributed by atoms with van der Waals surface area (Å²) in [5.74, 6) is 1.22. The van der Waals surface area contributed by atoms with Gasteiger partial charge >= 0.3 is 0 Å². The Morgan fingerprint density at radius 2 is 1.76 bits per heavy atom. The minimum absolute atomic E-state index is 0.203. The molecule has 1 saturated heterocycles. The number of benzene rings is 2. The smallest absolute Gasteiger partial charge is 0.293 e. The Kier molecular flexibility index (Phi) is 7.20. The van der Waals surface area contributed by atoms with E-state index in [2.05, 4.69) is 6.92 Å². The molecule has 2 aromatic rings. The van der Waals surface area contributed by atoms with Crippen LogP contribution in [0.15, 0.2) is 35.2 Å². The predicted octanol–water partition coefficient (Wildman–Crippen LogP) is 5.86. The van der Waals surface area contributed by atoms with Gasteiger partial charge in [-0.2, -0.15) is 0 Å². The highest BCUT2D eigenvalue weighted by molar-refractivity contribution is 8.18. The molecule has 3 rings (SSSR count). The number of ether oxygens (including phenoxy) is 2. The van der Waals surface area contributed by atoms with Gasteiger partial charge in [-0.25, -0.2) is 0 Å². The van der Waals surface area contributed by atoms with E-state index >= 15 is 0 Å². The van der Waals surface area contributed by atoms with E-state index < -0.39 is 0 Å². The summed E-state index contributed by atoms with van der Waals surface area (Å²) in [6, 6.07) is 9.77. The van der Waals surface area contributed by atoms with E-state index in [1.165, 1.54) is 4.90 Å². The lowest BCUT2D eigenvalue weighted by molar-refractivity contribution is -0.122. The molecule has 2 aromatic carbocycles. The second-order valence-electron chi connectivity index (χ2n) is 6.77. The largest absolute Gasteiger partial charge is 0.494 e. The molecule has 6 heteroatoms. The molecule has 1 heterocycles. The molecular formula is C23H27NO4S. The Bertz CT molecular complexity index is 933. The first-order valence-corrected chi connectivity index (χ1v) is 11.0. The fourth-order valence-corrected chi connectivity index (χ4v) is 4.18. The molecule has 0 radical (unpaired) electrons. The Labute approximate surface area is 176 Å². The molecule has 0 aromatic heterocycles. The summed E-state index contributed by atoms with van der Waals surface area (Å²) >= 11 is 0.996. The van der Waals surface area contributed by atoms with E-state index in [0.717, 1.165) is 53.1 Å². The third-order valence-electron chi connectivity index (χ3n) is 4.74. The Hall–Kier alpha value is -2.47. The summed E-state index contributed by atoms with van der Waals surface area (Å²) in [6.07, 6.45) is 4.66. The van der Waals surface area contributed by atoms with Crippen molar-refractivity contribution in [1.29, 1.82) is 0 Å². The monoisotopic (exact) mass is 413 g/mol. The third-order valence-corrected chi connectivity index (χ3v) is 5.65. The summed E-state index contributed by atoms with van der Waals surface area (Å²) in [4.78, 5) is 27.0. The number of amides is 2. The van der Waals surface area contributed by atoms with Crippen molar-refractivity contribution in [2.75, 3.05) is 19.8 Å². The summed E-state index contributed by atoms with van der Waals surface area (Å²) in [6.45, 7) is 7.51. The zero-order chi connectivity index (χ0) is 20.8. The lowest BCUT2D eigenvalue weighted by Crippen LogP contribution is -2.29. The van der Waals surface area contributed by atoms with Crippen molar-refractivity contribution in [3.8, 4) is 11.5 Å². The van der Waals surface area contributed by atoms with Gasteiger partial charge in [0.1, 0.15) is 11.5 Å². The molecule has 0 N–H and O–H groups in total. The molecule has 154 valence electrons. The lowest BCUT2D eigenvalue weighted by Gasteiger charge is -2.13. The van der Waals surface area contributed by atoms with E-state index in [0.29, 0.717) is 30.4 Å². The quantitative estimate of drug-likeness (QED) is 0.380. The molecule has 0 bridgehead atoms. The fraction of sp³-hybridized carbons (Fsp3) is 0.391. The van der Waals surface area contributed by atoms with Gasteiger partial charge in [-0.05, 0) is 67.1 Å². The number of imide groups is 1. The van der Waals surface area contributed by atoms with Gasteiger partial charge in [0.15, 0.2) is 0 Å². The van der Waals surface area contributed by atoms with Crippen molar-refractivity contribution in [2.24, 2.45) is 0 Å². The van der Waals surface area contributed by atoms with Crippen LogP contribution < -0.4 is 9.47 Å². The zero-order valence-electron chi connectivity index (χ0n) is 17.2.